The molecule has 0 unspecified atom stereocenters. The summed E-state index contributed by atoms with van der Waals surface area (Å²) in [5.41, 5.74) is -10.3. The first-order chi connectivity index (χ1) is 25.7. The Bertz CT molecular complexity index is 2670. The van der Waals surface area contributed by atoms with Gasteiger partial charge in [-0.15, -0.1) is 0 Å². The largest absolute Gasteiger partial charge is 0.416 e. The van der Waals surface area contributed by atoms with Crippen LogP contribution in [0.15, 0.2) is 72.8 Å². The van der Waals surface area contributed by atoms with E-state index in [1.54, 1.807) is 0 Å². The first kappa shape index (κ1) is 35.7. The van der Waals surface area contributed by atoms with E-state index in [1.165, 1.54) is 0 Å². The number of fused-ring (bicyclic) bond motifs is 7. The fourth-order valence-electron chi connectivity index (χ4n) is 6.85. The molecule has 6 nitrogen and oxygen atoms in total. The molecule has 0 aliphatic heterocycles. The molecule has 0 radical (unpaired) electrons. The van der Waals surface area contributed by atoms with Crippen molar-refractivity contribution in [3.8, 4) is 23.5 Å². The summed E-state index contributed by atoms with van der Waals surface area (Å²) in [5, 5.41) is 21.0. The highest BCUT2D eigenvalue weighted by atomic mass is 32.1. The minimum atomic E-state index is -5.02. The summed E-state index contributed by atoms with van der Waals surface area (Å²) < 4.78 is 180. The van der Waals surface area contributed by atoms with E-state index in [9.17, 15) is 63.2 Å². The fourth-order valence-corrected chi connectivity index (χ4v) is 7.41. The zero-order valence-corrected chi connectivity index (χ0v) is 27.4. The molecule has 0 aliphatic rings. The van der Waals surface area contributed by atoms with Gasteiger partial charge in [-0.2, -0.15) is 72.0 Å². The van der Waals surface area contributed by atoms with Crippen molar-refractivity contribution in [1.29, 1.82) is 10.5 Å². The minimum absolute atomic E-state index is 0.0810. The Labute approximate surface area is 301 Å². The van der Waals surface area contributed by atoms with Crippen LogP contribution in [0.5, 0.6) is 0 Å². The first-order valence-electron chi connectivity index (χ1n) is 15.3. The second kappa shape index (κ2) is 11.6. The third kappa shape index (κ3) is 5.40. The van der Waals surface area contributed by atoms with Gasteiger partial charge in [0.15, 0.2) is 0 Å². The number of alkyl halides is 12. The van der Waals surface area contributed by atoms with Gasteiger partial charge in [-0.25, -0.2) is 0 Å². The van der Waals surface area contributed by atoms with Gasteiger partial charge in [0, 0.05) is 21.5 Å². The number of nitriles is 2. The van der Waals surface area contributed by atoms with Crippen molar-refractivity contribution >= 4 is 66.4 Å². The van der Waals surface area contributed by atoms with E-state index >= 15 is 0 Å². The molecule has 0 amide bonds. The molecule has 5 aromatic carbocycles. The molecule has 0 bridgehead atoms. The summed E-state index contributed by atoms with van der Waals surface area (Å²) in [7, 11) is 0. The van der Waals surface area contributed by atoms with Crippen molar-refractivity contribution in [3.63, 3.8) is 0 Å². The first-order valence-corrected chi connectivity index (χ1v) is 16.1. The molecular weight excluding hydrogens is 776 g/mol. The fraction of sp³-hybridized carbons (Fsp3) is 0.111. The monoisotopic (exact) mass is 788 g/mol. The number of benzene rings is 5. The lowest BCUT2D eigenvalue weighted by Gasteiger charge is -2.21. The number of halogens is 12. The highest BCUT2D eigenvalue weighted by Gasteiger charge is 2.37. The number of nitrogens with zero attached hydrogens (tertiary/aromatic N) is 6. The van der Waals surface area contributed by atoms with Crippen LogP contribution in [0.2, 0.25) is 0 Å². The van der Waals surface area contributed by atoms with Crippen molar-refractivity contribution < 1.29 is 52.7 Å². The average Bonchev–Trinajstić information content (AvgIpc) is 3.80. The molecule has 0 aliphatic carbocycles. The topological polar surface area (TPSA) is 83.2 Å². The van der Waals surface area contributed by atoms with Crippen molar-refractivity contribution in [2.45, 2.75) is 24.7 Å². The molecule has 0 saturated heterocycles. The van der Waals surface area contributed by atoms with Gasteiger partial charge in [-0.1, -0.05) is 24.3 Å². The standard InChI is InChI=1S/C36H12F12N6S/c37-33(38,39)15-1-5-19-20-6-2-16(34(40,41)42)10-26(20)53(25(19)9-15)31-23(13-49)29-30(52-55-51-29)24(14-50)32(31)54-27-11-17(35(43,44)45)3-7-21(27)22-8-4-18(12-28(22)54)36(46,47)48/h1-12H. The molecule has 3 aromatic heterocycles. The summed E-state index contributed by atoms with van der Waals surface area (Å²) in [6, 6.07) is 12.4. The van der Waals surface area contributed by atoms with Crippen LogP contribution in [0.4, 0.5) is 52.7 Å². The number of hydrogen-bond acceptors (Lipinski definition) is 5. The van der Waals surface area contributed by atoms with Gasteiger partial charge in [-0.05, 0) is 48.5 Å². The Hall–Kier alpha value is -6.34. The molecule has 0 fully saturated rings. The van der Waals surface area contributed by atoms with Gasteiger partial charge in [-0.3, -0.25) is 0 Å². The summed E-state index contributed by atoms with van der Waals surface area (Å²) in [6.45, 7) is 0. The van der Waals surface area contributed by atoms with Crippen molar-refractivity contribution in [1.82, 2.24) is 17.9 Å². The SMILES string of the molecule is N#Cc1c(-n2c3cc(C(F)(F)F)ccc3c3ccc(C(F)(F)F)cc32)c(-n2c3cc(C(F)(F)F)ccc3c3ccc(C(F)(F)F)cc32)c(C#N)c2nsnc12. The Kier molecular flexibility index (Phi) is 7.51. The van der Waals surface area contributed by atoms with Crippen LogP contribution in [0.1, 0.15) is 33.4 Å². The summed E-state index contributed by atoms with van der Waals surface area (Å²) in [4.78, 5) is 0. The van der Waals surface area contributed by atoms with Gasteiger partial charge >= 0.3 is 24.7 Å². The smallest absolute Gasteiger partial charge is 0.306 e. The maximum Gasteiger partial charge on any atom is 0.416 e. The highest BCUT2D eigenvalue weighted by molar-refractivity contribution is 7.00. The Morgan fingerprint density at radius 1 is 0.436 bits per heavy atom. The van der Waals surface area contributed by atoms with E-state index in [0.29, 0.717) is 60.3 Å². The highest BCUT2D eigenvalue weighted by Crippen LogP contribution is 2.47. The van der Waals surface area contributed by atoms with E-state index in [0.717, 1.165) is 33.4 Å². The summed E-state index contributed by atoms with van der Waals surface area (Å²) in [5.74, 6) is 0. The van der Waals surface area contributed by atoms with Crippen LogP contribution < -0.4 is 0 Å². The molecule has 55 heavy (non-hydrogen) atoms. The second-order valence-electron chi connectivity index (χ2n) is 12.2. The van der Waals surface area contributed by atoms with E-state index in [-0.39, 0.29) is 32.6 Å². The van der Waals surface area contributed by atoms with E-state index in [1.807, 2.05) is 12.1 Å². The van der Waals surface area contributed by atoms with Crippen molar-refractivity contribution in [2.75, 3.05) is 0 Å². The van der Waals surface area contributed by atoms with Crippen LogP contribution in [0.25, 0.3) is 66.0 Å². The maximum atomic E-state index is 14.2. The van der Waals surface area contributed by atoms with Crippen LogP contribution in [-0.2, 0) is 24.7 Å². The van der Waals surface area contributed by atoms with Gasteiger partial charge in [0.05, 0.1) is 67.4 Å². The van der Waals surface area contributed by atoms with Gasteiger partial charge in [0.2, 0.25) is 0 Å². The summed E-state index contributed by atoms with van der Waals surface area (Å²) >= 11 is 0.446. The lowest BCUT2D eigenvalue weighted by atomic mass is 10.0. The van der Waals surface area contributed by atoms with E-state index in [2.05, 4.69) is 8.75 Å². The van der Waals surface area contributed by atoms with E-state index in [4.69, 9.17) is 0 Å². The van der Waals surface area contributed by atoms with Crippen LogP contribution >= 0.6 is 11.7 Å². The minimum Gasteiger partial charge on any atom is -0.306 e. The normalized spacial score (nSPS) is 13.1. The van der Waals surface area contributed by atoms with E-state index < -0.39 is 91.5 Å². The number of hydrogen-bond donors (Lipinski definition) is 0. The van der Waals surface area contributed by atoms with Crippen molar-refractivity contribution in [2.24, 2.45) is 0 Å². The Balaban J connectivity index is 1.70. The predicted molar refractivity (Wildman–Crippen MR) is 176 cm³/mol. The number of aromatic nitrogens is 4. The van der Waals surface area contributed by atoms with Gasteiger partial charge in [0.1, 0.15) is 34.3 Å². The lowest BCUT2D eigenvalue weighted by Crippen LogP contribution is -2.12. The second-order valence-corrected chi connectivity index (χ2v) is 12.8. The van der Waals surface area contributed by atoms with Crippen LogP contribution in [0, 0.1) is 22.7 Å². The van der Waals surface area contributed by atoms with Crippen LogP contribution in [0.3, 0.4) is 0 Å². The lowest BCUT2D eigenvalue weighted by molar-refractivity contribution is -0.138. The Morgan fingerprint density at radius 3 is 0.909 bits per heavy atom. The predicted octanol–water partition coefficient (Wildman–Crippen LogP) is 11.7. The molecule has 3 heterocycles. The molecule has 8 aromatic rings. The van der Waals surface area contributed by atoms with Gasteiger partial charge < -0.3 is 9.13 Å². The number of rotatable bonds is 2. The molecule has 0 atom stereocenters. The molecular formula is C36H12F12N6S. The molecule has 0 saturated carbocycles. The molecule has 0 N–H and O–H groups in total. The molecule has 0 spiro atoms. The molecule has 276 valence electrons. The zero-order chi connectivity index (χ0) is 39.6. The van der Waals surface area contributed by atoms with Crippen molar-refractivity contribution in [3.05, 3.63) is 106 Å². The molecule has 19 heteroatoms. The average molecular weight is 789 g/mol. The quantitative estimate of drug-likeness (QED) is 0.163. The van der Waals surface area contributed by atoms with Gasteiger partial charge in [0.25, 0.3) is 0 Å². The zero-order valence-electron chi connectivity index (χ0n) is 26.6. The van der Waals surface area contributed by atoms with Crippen LogP contribution in [-0.4, -0.2) is 17.9 Å². The maximum absolute atomic E-state index is 14.2. The Morgan fingerprint density at radius 2 is 0.691 bits per heavy atom. The molecule has 8 rings (SSSR count). The third-order valence-electron chi connectivity index (χ3n) is 9.18. The third-order valence-corrected chi connectivity index (χ3v) is 9.70. The summed E-state index contributed by atoms with van der Waals surface area (Å²) in [6.07, 6.45) is -20.1.